The van der Waals surface area contributed by atoms with E-state index in [9.17, 15) is 14.4 Å². The number of carbonyl (C=O) groups is 3. The number of hydrogen-bond donors (Lipinski definition) is 2. The normalized spacial score (nSPS) is 20.0. The smallest absolute Gasteiger partial charge is 0.309 e. The van der Waals surface area contributed by atoms with Gasteiger partial charge in [-0.05, 0) is 24.8 Å². The van der Waals surface area contributed by atoms with Crippen LogP contribution in [0.4, 0.5) is 0 Å². The molecule has 152 valence electrons. The molecule has 7 heteroatoms. The third-order valence-electron chi connectivity index (χ3n) is 5.34. The van der Waals surface area contributed by atoms with E-state index in [4.69, 9.17) is 4.74 Å². The Morgan fingerprint density at radius 3 is 2.57 bits per heavy atom. The molecule has 1 saturated carbocycles. The minimum Gasteiger partial charge on any atom is -0.370 e. The fourth-order valence-electron chi connectivity index (χ4n) is 3.75. The van der Waals surface area contributed by atoms with Crippen LogP contribution < -0.4 is 10.6 Å². The maximum absolute atomic E-state index is 12.5. The summed E-state index contributed by atoms with van der Waals surface area (Å²) in [7, 11) is 0. The summed E-state index contributed by atoms with van der Waals surface area (Å²) in [4.78, 5) is 38.0. The first-order valence-electron chi connectivity index (χ1n) is 10.2. The van der Waals surface area contributed by atoms with E-state index in [1.807, 2.05) is 35.2 Å². The van der Waals surface area contributed by atoms with E-state index in [0.29, 0.717) is 39.1 Å². The van der Waals surface area contributed by atoms with Crippen LogP contribution in [0.5, 0.6) is 0 Å². The average molecular weight is 387 g/mol. The van der Waals surface area contributed by atoms with Gasteiger partial charge in [0.1, 0.15) is 6.10 Å². The van der Waals surface area contributed by atoms with Crippen molar-refractivity contribution in [2.45, 2.75) is 50.7 Å². The Kier molecular flexibility index (Phi) is 7.42. The van der Waals surface area contributed by atoms with Crippen molar-refractivity contribution in [2.75, 3.05) is 26.2 Å². The number of carbonyl (C=O) groups excluding carboxylic acids is 3. The molecule has 28 heavy (non-hydrogen) atoms. The Bertz CT molecular complexity index is 673. The van der Waals surface area contributed by atoms with Crippen molar-refractivity contribution in [3.05, 3.63) is 35.9 Å². The molecular weight excluding hydrogens is 358 g/mol. The standard InChI is InChI=1S/C21H29N3O4/c25-19(24-13-14-28-18(15-24)16-7-2-1-3-8-16)11-6-12-22-20(26)21(27)23-17-9-4-5-10-17/h1-3,7-8,17-18H,4-6,9-15H2,(H,22,26)(H,23,27). The zero-order chi connectivity index (χ0) is 19.8. The molecule has 2 aliphatic rings. The van der Waals surface area contributed by atoms with Crippen LogP contribution in [0.25, 0.3) is 0 Å². The fourth-order valence-corrected chi connectivity index (χ4v) is 3.75. The summed E-state index contributed by atoms with van der Waals surface area (Å²) in [6.45, 7) is 1.95. The first kappa shape index (κ1) is 20.3. The SMILES string of the molecule is O=C(NCCCC(=O)N1CCOC(c2ccccc2)C1)C(=O)NC1CCCC1. The highest BCUT2D eigenvalue weighted by Crippen LogP contribution is 2.22. The van der Waals surface area contributed by atoms with Crippen LogP contribution in [0.2, 0.25) is 0 Å². The Morgan fingerprint density at radius 1 is 1.07 bits per heavy atom. The van der Waals surface area contributed by atoms with Gasteiger partial charge in [-0.3, -0.25) is 14.4 Å². The van der Waals surface area contributed by atoms with Gasteiger partial charge in [0.15, 0.2) is 0 Å². The molecule has 1 aromatic rings. The number of ether oxygens (including phenoxy) is 1. The van der Waals surface area contributed by atoms with E-state index < -0.39 is 11.8 Å². The third-order valence-corrected chi connectivity index (χ3v) is 5.34. The zero-order valence-corrected chi connectivity index (χ0v) is 16.2. The van der Waals surface area contributed by atoms with Crippen molar-refractivity contribution >= 4 is 17.7 Å². The highest BCUT2D eigenvalue weighted by Gasteiger charge is 2.25. The van der Waals surface area contributed by atoms with E-state index in [-0.39, 0.29) is 18.1 Å². The predicted molar refractivity (Wildman–Crippen MR) is 104 cm³/mol. The Hall–Kier alpha value is -2.41. The molecule has 1 aromatic carbocycles. The minimum absolute atomic E-state index is 0.0499. The molecule has 2 fully saturated rings. The van der Waals surface area contributed by atoms with Crippen molar-refractivity contribution < 1.29 is 19.1 Å². The molecule has 1 aliphatic heterocycles. The van der Waals surface area contributed by atoms with Crippen LogP contribution in [0, 0.1) is 0 Å². The Labute approximate surface area is 165 Å². The number of nitrogens with zero attached hydrogens (tertiary/aromatic N) is 1. The molecule has 1 heterocycles. The lowest BCUT2D eigenvalue weighted by molar-refractivity contribution is -0.140. The molecule has 1 saturated heterocycles. The van der Waals surface area contributed by atoms with Gasteiger partial charge in [0.25, 0.3) is 0 Å². The number of hydrogen-bond acceptors (Lipinski definition) is 4. The lowest BCUT2D eigenvalue weighted by Crippen LogP contribution is -2.44. The molecule has 1 aliphatic carbocycles. The summed E-state index contributed by atoms with van der Waals surface area (Å²) in [6, 6.07) is 10.0. The summed E-state index contributed by atoms with van der Waals surface area (Å²) in [5, 5.41) is 5.36. The molecule has 3 amide bonds. The van der Waals surface area contributed by atoms with Crippen molar-refractivity contribution in [2.24, 2.45) is 0 Å². The molecule has 0 bridgehead atoms. The van der Waals surface area contributed by atoms with Crippen LogP contribution in [0.15, 0.2) is 30.3 Å². The van der Waals surface area contributed by atoms with Gasteiger partial charge < -0.3 is 20.3 Å². The fraction of sp³-hybridized carbons (Fsp3) is 0.571. The van der Waals surface area contributed by atoms with Crippen LogP contribution >= 0.6 is 0 Å². The highest BCUT2D eigenvalue weighted by atomic mass is 16.5. The number of nitrogens with one attached hydrogen (secondary N) is 2. The molecule has 1 unspecified atom stereocenters. The highest BCUT2D eigenvalue weighted by molar-refractivity contribution is 6.35. The molecule has 1 atom stereocenters. The third kappa shape index (κ3) is 5.79. The molecule has 7 nitrogen and oxygen atoms in total. The number of rotatable bonds is 6. The van der Waals surface area contributed by atoms with Crippen molar-refractivity contribution in [1.29, 1.82) is 0 Å². The van der Waals surface area contributed by atoms with Gasteiger partial charge in [0, 0.05) is 25.6 Å². The second kappa shape index (κ2) is 10.2. The van der Waals surface area contributed by atoms with Gasteiger partial charge in [-0.2, -0.15) is 0 Å². The van der Waals surface area contributed by atoms with Gasteiger partial charge in [-0.1, -0.05) is 43.2 Å². The van der Waals surface area contributed by atoms with Crippen LogP contribution in [-0.2, 0) is 19.1 Å². The largest absolute Gasteiger partial charge is 0.370 e. The van der Waals surface area contributed by atoms with Gasteiger partial charge in [-0.25, -0.2) is 0 Å². The lowest BCUT2D eigenvalue weighted by Gasteiger charge is -2.33. The molecule has 0 aromatic heterocycles. The van der Waals surface area contributed by atoms with E-state index in [0.717, 1.165) is 31.2 Å². The summed E-state index contributed by atoms with van der Waals surface area (Å²) in [5.74, 6) is -1.14. The van der Waals surface area contributed by atoms with Crippen molar-refractivity contribution in [3.8, 4) is 0 Å². The maximum Gasteiger partial charge on any atom is 0.309 e. The van der Waals surface area contributed by atoms with E-state index in [1.165, 1.54) is 0 Å². The van der Waals surface area contributed by atoms with Crippen LogP contribution in [-0.4, -0.2) is 54.9 Å². The molecule has 0 radical (unpaired) electrons. The monoisotopic (exact) mass is 387 g/mol. The van der Waals surface area contributed by atoms with Crippen LogP contribution in [0.3, 0.4) is 0 Å². The first-order chi connectivity index (χ1) is 13.6. The van der Waals surface area contributed by atoms with E-state index in [1.54, 1.807) is 0 Å². The summed E-state index contributed by atoms with van der Waals surface area (Å²) < 4.78 is 5.79. The second-order valence-corrected chi connectivity index (χ2v) is 7.42. The topological polar surface area (TPSA) is 87.7 Å². The Balaban J connectivity index is 1.34. The quantitative estimate of drug-likeness (QED) is 0.573. The van der Waals surface area contributed by atoms with Crippen molar-refractivity contribution in [3.63, 3.8) is 0 Å². The maximum atomic E-state index is 12.5. The molecule has 2 N–H and O–H groups in total. The summed E-state index contributed by atoms with van der Waals surface area (Å²) in [6.07, 6.45) is 4.83. The first-order valence-corrected chi connectivity index (χ1v) is 10.2. The van der Waals surface area contributed by atoms with Crippen LogP contribution in [0.1, 0.15) is 50.2 Å². The van der Waals surface area contributed by atoms with Gasteiger partial charge >= 0.3 is 11.8 Å². The van der Waals surface area contributed by atoms with Gasteiger partial charge in [0.2, 0.25) is 5.91 Å². The molecular formula is C21H29N3O4. The second-order valence-electron chi connectivity index (χ2n) is 7.42. The Morgan fingerprint density at radius 2 is 1.82 bits per heavy atom. The summed E-state index contributed by atoms with van der Waals surface area (Å²) in [5.41, 5.74) is 1.07. The number of amides is 3. The van der Waals surface area contributed by atoms with Gasteiger partial charge in [-0.15, -0.1) is 0 Å². The average Bonchev–Trinajstić information content (AvgIpc) is 3.24. The van der Waals surface area contributed by atoms with Crippen molar-refractivity contribution in [1.82, 2.24) is 15.5 Å². The zero-order valence-electron chi connectivity index (χ0n) is 16.2. The number of morpholine rings is 1. The van der Waals surface area contributed by atoms with E-state index in [2.05, 4.69) is 10.6 Å². The van der Waals surface area contributed by atoms with Gasteiger partial charge in [0.05, 0.1) is 13.2 Å². The minimum atomic E-state index is -0.616. The molecule has 3 rings (SSSR count). The predicted octanol–water partition coefficient (Wildman–Crippen LogP) is 1.54. The van der Waals surface area contributed by atoms with E-state index >= 15 is 0 Å². The summed E-state index contributed by atoms with van der Waals surface area (Å²) >= 11 is 0. The lowest BCUT2D eigenvalue weighted by atomic mass is 10.1. The number of benzene rings is 1. The molecule has 0 spiro atoms.